The molecule has 1 amide bonds. The van der Waals surface area contributed by atoms with Gasteiger partial charge in [-0.25, -0.2) is 4.79 Å². The Bertz CT molecular complexity index is 268. The summed E-state index contributed by atoms with van der Waals surface area (Å²) in [5.41, 5.74) is -0.476. The fourth-order valence-electron chi connectivity index (χ4n) is 1.26. The van der Waals surface area contributed by atoms with E-state index in [4.69, 9.17) is 4.74 Å². The van der Waals surface area contributed by atoms with Crippen molar-refractivity contribution in [3.8, 4) is 0 Å². The highest BCUT2D eigenvalue weighted by Gasteiger charge is 2.21. The number of nitrogens with zero attached hydrogens (tertiary/aromatic N) is 1. The SMILES string of the molecule is CCN(CCC(C)C(C)=O)C(=O)OC(C)(C)C. The number of ether oxygens (including phenoxy) is 1. The Balaban J connectivity index is 4.24. The van der Waals surface area contributed by atoms with E-state index in [0.29, 0.717) is 19.5 Å². The molecule has 100 valence electrons. The molecule has 0 fully saturated rings. The molecule has 0 heterocycles. The number of hydrogen-bond donors (Lipinski definition) is 0. The number of hydrogen-bond acceptors (Lipinski definition) is 3. The number of ketones is 1. The van der Waals surface area contributed by atoms with Crippen molar-refractivity contribution in [2.24, 2.45) is 5.92 Å². The van der Waals surface area contributed by atoms with Gasteiger partial charge in [0.25, 0.3) is 0 Å². The maximum absolute atomic E-state index is 11.8. The molecule has 1 unspecified atom stereocenters. The highest BCUT2D eigenvalue weighted by atomic mass is 16.6. The summed E-state index contributed by atoms with van der Waals surface area (Å²) in [6, 6.07) is 0. The lowest BCUT2D eigenvalue weighted by Gasteiger charge is -2.27. The topological polar surface area (TPSA) is 46.6 Å². The van der Waals surface area contributed by atoms with Crippen LogP contribution in [0.25, 0.3) is 0 Å². The first kappa shape index (κ1) is 15.9. The quantitative estimate of drug-likeness (QED) is 0.746. The molecule has 0 N–H and O–H groups in total. The number of Topliss-reactive ketones (excluding diaryl/α,β-unsaturated/α-hetero) is 1. The van der Waals surface area contributed by atoms with Gasteiger partial charge in [0.15, 0.2) is 0 Å². The third-order valence-electron chi connectivity index (χ3n) is 2.56. The van der Waals surface area contributed by atoms with Gasteiger partial charge in [0.05, 0.1) is 0 Å². The molecule has 0 spiro atoms. The van der Waals surface area contributed by atoms with Gasteiger partial charge in [0.1, 0.15) is 11.4 Å². The second kappa shape index (κ2) is 6.62. The van der Waals surface area contributed by atoms with Crippen LogP contribution in [0.2, 0.25) is 0 Å². The molecule has 0 aliphatic heterocycles. The van der Waals surface area contributed by atoms with Crippen LogP contribution in [0.5, 0.6) is 0 Å². The van der Waals surface area contributed by atoms with E-state index in [1.807, 2.05) is 34.6 Å². The lowest BCUT2D eigenvalue weighted by Crippen LogP contribution is -2.38. The van der Waals surface area contributed by atoms with Crippen molar-refractivity contribution in [1.29, 1.82) is 0 Å². The van der Waals surface area contributed by atoms with Gasteiger partial charge in [-0.05, 0) is 41.0 Å². The molecule has 0 saturated heterocycles. The van der Waals surface area contributed by atoms with E-state index in [1.165, 1.54) is 0 Å². The van der Waals surface area contributed by atoms with Crippen LogP contribution in [0.1, 0.15) is 48.0 Å². The summed E-state index contributed by atoms with van der Waals surface area (Å²) in [4.78, 5) is 24.5. The molecule has 4 heteroatoms. The molecule has 0 aliphatic rings. The van der Waals surface area contributed by atoms with Gasteiger partial charge >= 0.3 is 6.09 Å². The Morgan fingerprint density at radius 1 is 1.29 bits per heavy atom. The monoisotopic (exact) mass is 243 g/mol. The molecule has 0 aromatic rings. The van der Waals surface area contributed by atoms with Crippen molar-refractivity contribution < 1.29 is 14.3 Å². The maximum Gasteiger partial charge on any atom is 0.410 e. The van der Waals surface area contributed by atoms with E-state index in [9.17, 15) is 9.59 Å². The summed E-state index contributed by atoms with van der Waals surface area (Å²) in [7, 11) is 0. The Hall–Kier alpha value is -1.06. The van der Waals surface area contributed by atoms with Gasteiger partial charge in [-0.1, -0.05) is 6.92 Å². The van der Waals surface area contributed by atoms with Gasteiger partial charge < -0.3 is 9.64 Å². The summed E-state index contributed by atoms with van der Waals surface area (Å²) >= 11 is 0. The first-order chi connectivity index (χ1) is 7.67. The highest BCUT2D eigenvalue weighted by molar-refractivity contribution is 5.77. The van der Waals surface area contributed by atoms with Crippen LogP contribution in [0, 0.1) is 5.92 Å². The molecule has 0 radical (unpaired) electrons. The zero-order chi connectivity index (χ0) is 13.6. The van der Waals surface area contributed by atoms with Crippen LogP contribution in [0.15, 0.2) is 0 Å². The van der Waals surface area contributed by atoms with E-state index in [2.05, 4.69) is 0 Å². The minimum atomic E-state index is -0.476. The standard InChI is InChI=1S/C13H25NO3/c1-7-14(9-8-10(2)11(3)15)12(16)17-13(4,5)6/h10H,7-9H2,1-6H3. The molecular formula is C13H25NO3. The molecule has 0 aliphatic carbocycles. The normalized spacial score (nSPS) is 13.1. The van der Waals surface area contributed by atoms with Crippen molar-refractivity contribution >= 4 is 11.9 Å². The Morgan fingerprint density at radius 3 is 2.18 bits per heavy atom. The average Bonchev–Trinajstić information content (AvgIpc) is 2.15. The summed E-state index contributed by atoms with van der Waals surface area (Å²) < 4.78 is 5.29. The number of carbonyl (C=O) groups is 2. The molecule has 17 heavy (non-hydrogen) atoms. The lowest BCUT2D eigenvalue weighted by molar-refractivity contribution is -0.120. The molecule has 4 nitrogen and oxygen atoms in total. The molecule has 0 aromatic heterocycles. The third-order valence-corrected chi connectivity index (χ3v) is 2.56. The average molecular weight is 243 g/mol. The van der Waals surface area contributed by atoms with Crippen LogP contribution >= 0.6 is 0 Å². The van der Waals surface area contributed by atoms with Gasteiger partial charge in [0, 0.05) is 19.0 Å². The van der Waals surface area contributed by atoms with Crippen LogP contribution in [0.3, 0.4) is 0 Å². The molecule has 0 saturated carbocycles. The predicted octanol–water partition coefficient (Wildman–Crippen LogP) is 2.86. The summed E-state index contributed by atoms with van der Waals surface area (Å²) in [5.74, 6) is 0.150. The molecule has 0 aromatic carbocycles. The minimum absolute atomic E-state index is 0.00788. The van der Waals surface area contributed by atoms with Crippen molar-refractivity contribution in [3.63, 3.8) is 0 Å². The molecule has 0 rings (SSSR count). The van der Waals surface area contributed by atoms with E-state index in [1.54, 1.807) is 11.8 Å². The first-order valence-electron chi connectivity index (χ1n) is 6.15. The number of rotatable bonds is 5. The van der Waals surface area contributed by atoms with E-state index in [0.717, 1.165) is 0 Å². The fourth-order valence-corrected chi connectivity index (χ4v) is 1.26. The van der Waals surface area contributed by atoms with E-state index < -0.39 is 5.60 Å². The van der Waals surface area contributed by atoms with Crippen molar-refractivity contribution in [1.82, 2.24) is 4.90 Å². The zero-order valence-corrected chi connectivity index (χ0v) is 11.9. The second-order valence-corrected chi connectivity index (χ2v) is 5.36. The van der Waals surface area contributed by atoms with Crippen molar-refractivity contribution in [3.05, 3.63) is 0 Å². The lowest BCUT2D eigenvalue weighted by atomic mass is 10.0. The highest BCUT2D eigenvalue weighted by Crippen LogP contribution is 2.11. The Labute approximate surface area is 104 Å². The summed E-state index contributed by atoms with van der Waals surface area (Å²) in [6.07, 6.45) is 0.373. The van der Waals surface area contributed by atoms with Crippen molar-refractivity contribution in [2.75, 3.05) is 13.1 Å². The predicted molar refractivity (Wildman–Crippen MR) is 67.9 cm³/mol. The Kier molecular flexibility index (Phi) is 6.21. The van der Waals surface area contributed by atoms with Gasteiger partial charge in [-0.15, -0.1) is 0 Å². The molecule has 0 bridgehead atoms. The Morgan fingerprint density at radius 2 is 1.82 bits per heavy atom. The number of amides is 1. The fraction of sp³-hybridized carbons (Fsp3) is 0.846. The molecule has 1 atom stereocenters. The van der Waals surface area contributed by atoms with Gasteiger partial charge in [-0.3, -0.25) is 4.79 Å². The smallest absolute Gasteiger partial charge is 0.410 e. The summed E-state index contributed by atoms with van der Waals surface area (Å²) in [6.45, 7) is 12.1. The maximum atomic E-state index is 11.8. The van der Waals surface area contributed by atoms with Gasteiger partial charge in [-0.2, -0.15) is 0 Å². The van der Waals surface area contributed by atoms with Gasteiger partial charge in [0.2, 0.25) is 0 Å². The van der Waals surface area contributed by atoms with Crippen LogP contribution < -0.4 is 0 Å². The molecular weight excluding hydrogens is 218 g/mol. The summed E-state index contributed by atoms with van der Waals surface area (Å²) in [5, 5.41) is 0. The minimum Gasteiger partial charge on any atom is -0.444 e. The van der Waals surface area contributed by atoms with Crippen molar-refractivity contribution in [2.45, 2.75) is 53.6 Å². The first-order valence-corrected chi connectivity index (χ1v) is 6.15. The van der Waals surface area contributed by atoms with Crippen LogP contribution in [-0.4, -0.2) is 35.5 Å². The number of carbonyl (C=O) groups excluding carboxylic acids is 2. The largest absolute Gasteiger partial charge is 0.444 e. The second-order valence-electron chi connectivity index (χ2n) is 5.36. The van der Waals surface area contributed by atoms with Crippen LogP contribution in [-0.2, 0) is 9.53 Å². The zero-order valence-electron chi connectivity index (χ0n) is 11.9. The van der Waals surface area contributed by atoms with E-state index >= 15 is 0 Å². The third kappa shape index (κ3) is 6.97. The van der Waals surface area contributed by atoms with E-state index in [-0.39, 0.29) is 17.8 Å². The van der Waals surface area contributed by atoms with Crippen LogP contribution in [0.4, 0.5) is 4.79 Å².